The molecule has 0 radical (unpaired) electrons. The van der Waals surface area contributed by atoms with Crippen molar-refractivity contribution in [2.75, 3.05) is 11.9 Å². The zero-order chi connectivity index (χ0) is 21.6. The number of aliphatic imine (C=N–C) groups is 1. The lowest BCUT2D eigenvalue weighted by Gasteiger charge is -2.40. The van der Waals surface area contributed by atoms with Gasteiger partial charge in [-0.15, -0.1) is 0 Å². The zero-order valence-corrected chi connectivity index (χ0v) is 17.5. The van der Waals surface area contributed by atoms with E-state index in [0.717, 1.165) is 10.7 Å². The number of carbonyl (C=O) groups is 1. The second-order valence-electron chi connectivity index (χ2n) is 6.97. The van der Waals surface area contributed by atoms with Gasteiger partial charge in [-0.05, 0) is 40.2 Å². The van der Waals surface area contributed by atoms with Gasteiger partial charge in [0.1, 0.15) is 11.4 Å². The highest BCUT2D eigenvalue weighted by atomic mass is 79.9. The summed E-state index contributed by atoms with van der Waals surface area (Å²) in [6, 6.07) is 7.13. The molecule has 4 N–H and O–H groups in total. The SMILES string of the molecule is NC1=NCC[C@]2(O1)c1cc(NC(=O)c3c[nH]c(=O)cn3)ccc1Oc1ncc(Br)cc12. The smallest absolute Gasteiger partial charge is 0.283 e. The van der Waals surface area contributed by atoms with E-state index in [1.54, 1.807) is 24.4 Å². The molecule has 31 heavy (non-hydrogen) atoms. The minimum absolute atomic E-state index is 0.0666. The molecule has 1 atom stereocenters. The first-order valence-corrected chi connectivity index (χ1v) is 10.1. The summed E-state index contributed by atoms with van der Waals surface area (Å²) in [5.41, 5.74) is 6.55. The number of nitrogens with zero attached hydrogens (tertiary/aromatic N) is 3. The van der Waals surface area contributed by atoms with Crippen molar-refractivity contribution in [1.82, 2.24) is 15.0 Å². The Hall–Kier alpha value is -3.73. The second-order valence-corrected chi connectivity index (χ2v) is 7.88. The topological polar surface area (TPSA) is 145 Å². The summed E-state index contributed by atoms with van der Waals surface area (Å²) in [5.74, 6) is 0.481. The van der Waals surface area contributed by atoms with Crippen molar-refractivity contribution in [1.29, 1.82) is 0 Å². The molecule has 0 saturated heterocycles. The van der Waals surface area contributed by atoms with Crippen LogP contribution in [0.4, 0.5) is 5.69 Å². The van der Waals surface area contributed by atoms with Crippen LogP contribution in [0.25, 0.3) is 0 Å². The number of nitrogens with one attached hydrogen (secondary N) is 2. The number of hydrogen-bond donors (Lipinski definition) is 3. The highest BCUT2D eigenvalue weighted by molar-refractivity contribution is 9.10. The molecule has 2 aromatic heterocycles. The summed E-state index contributed by atoms with van der Waals surface area (Å²) >= 11 is 3.45. The van der Waals surface area contributed by atoms with Gasteiger partial charge in [0.05, 0.1) is 11.8 Å². The molecule has 10 nitrogen and oxygen atoms in total. The van der Waals surface area contributed by atoms with Gasteiger partial charge in [-0.3, -0.25) is 9.59 Å². The Labute approximate surface area is 183 Å². The molecule has 11 heteroatoms. The Bertz CT molecular complexity index is 1290. The molecule has 0 saturated carbocycles. The first-order chi connectivity index (χ1) is 14.9. The number of nitrogens with two attached hydrogens (primary N) is 1. The molecular formula is C20H15BrN6O4. The molecule has 5 rings (SSSR count). The molecule has 156 valence electrons. The molecule has 1 spiro atoms. The summed E-state index contributed by atoms with van der Waals surface area (Å²) in [4.78, 5) is 38.5. The number of ether oxygens (including phenoxy) is 2. The van der Waals surface area contributed by atoms with Gasteiger partial charge in [0.25, 0.3) is 17.5 Å². The second kappa shape index (κ2) is 7.20. The molecule has 1 aromatic carbocycles. The van der Waals surface area contributed by atoms with E-state index in [1.807, 2.05) is 6.07 Å². The number of amidine groups is 1. The predicted octanol–water partition coefficient (Wildman–Crippen LogP) is 2.26. The average molecular weight is 483 g/mol. The Balaban J connectivity index is 1.57. The van der Waals surface area contributed by atoms with Crippen molar-refractivity contribution < 1.29 is 14.3 Å². The van der Waals surface area contributed by atoms with Gasteiger partial charge in [-0.2, -0.15) is 0 Å². The summed E-state index contributed by atoms with van der Waals surface area (Å²) < 4.78 is 12.9. The van der Waals surface area contributed by atoms with Crippen molar-refractivity contribution in [3.8, 4) is 11.6 Å². The van der Waals surface area contributed by atoms with Crippen LogP contribution in [0.15, 0.2) is 57.1 Å². The minimum Gasteiger partial charge on any atom is -0.449 e. The highest BCUT2D eigenvalue weighted by Gasteiger charge is 2.47. The van der Waals surface area contributed by atoms with Crippen LogP contribution in [0.2, 0.25) is 0 Å². The Morgan fingerprint density at radius 1 is 1.23 bits per heavy atom. The minimum atomic E-state index is -0.970. The van der Waals surface area contributed by atoms with Gasteiger partial charge in [0.15, 0.2) is 5.60 Å². The van der Waals surface area contributed by atoms with E-state index in [9.17, 15) is 9.59 Å². The number of aromatic amines is 1. The number of anilines is 1. The van der Waals surface area contributed by atoms with Gasteiger partial charge in [0, 0.05) is 41.1 Å². The van der Waals surface area contributed by atoms with Gasteiger partial charge in [0.2, 0.25) is 5.88 Å². The fraction of sp³-hybridized carbons (Fsp3) is 0.150. The average Bonchev–Trinajstić information content (AvgIpc) is 2.75. The van der Waals surface area contributed by atoms with Crippen LogP contribution in [0, 0.1) is 0 Å². The summed E-state index contributed by atoms with van der Waals surface area (Å²) in [5, 5.41) is 2.78. The molecule has 0 bridgehead atoms. The Kier molecular flexibility index (Phi) is 4.47. The van der Waals surface area contributed by atoms with Crippen LogP contribution in [0.5, 0.6) is 11.6 Å². The highest BCUT2D eigenvalue weighted by Crippen LogP contribution is 2.51. The van der Waals surface area contributed by atoms with Crippen LogP contribution < -0.4 is 21.3 Å². The number of fused-ring (bicyclic) bond motifs is 4. The zero-order valence-electron chi connectivity index (χ0n) is 15.9. The number of pyridine rings is 1. The van der Waals surface area contributed by atoms with E-state index in [-0.39, 0.29) is 11.7 Å². The van der Waals surface area contributed by atoms with E-state index in [1.165, 1.54) is 6.20 Å². The van der Waals surface area contributed by atoms with E-state index in [4.69, 9.17) is 15.2 Å². The third kappa shape index (κ3) is 3.32. The van der Waals surface area contributed by atoms with Gasteiger partial charge < -0.3 is 25.5 Å². The van der Waals surface area contributed by atoms with Gasteiger partial charge in [-0.25, -0.2) is 15.0 Å². The Morgan fingerprint density at radius 2 is 2.10 bits per heavy atom. The van der Waals surface area contributed by atoms with Gasteiger partial charge in [-0.1, -0.05) is 0 Å². The lowest BCUT2D eigenvalue weighted by molar-refractivity contribution is 0.0625. The third-order valence-electron chi connectivity index (χ3n) is 5.05. The maximum atomic E-state index is 12.5. The molecular weight excluding hydrogens is 468 g/mol. The number of carbonyl (C=O) groups excluding carboxylic acids is 1. The fourth-order valence-electron chi connectivity index (χ4n) is 3.69. The molecule has 0 unspecified atom stereocenters. The number of hydrogen-bond acceptors (Lipinski definition) is 8. The largest absolute Gasteiger partial charge is 0.449 e. The number of H-pyrrole nitrogens is 1. The normalized spacial score (nSPS) is 18.8. The van der Waals surface area contributed by atoms with Crippen molar-refractivity contribution in [2.45, 2.75) is 12.0 Å². The van der Waals surface area contributed by atoms with Crippen molar-refractivity contribution in [3.63, 3.8) is 0 Å². The van der Waals surface area contributed by atoms with E-state index >= 15 is 0 Å². The molecule has 0 aliphatic carbocycles. The Morgan fingerprint density at radius 3 is 2.87 bits per heavy atom. The standard InChI is InChI=1S/C20H15BrN6O4/c21-10-5-13-18(26-7-10)30-15-2-1-11(27-17(29)14-8-25-16(28)9-24-14)6-12(15)20(13)3-4-23-19(22)31-20/h1-2,5-9H,3-4H2,(H2,22,23)(H,25,28)(H,27,29)/t20-/m0/s1. The first kappa shape index (κ1) is 19.2. The lowest BCUT2D eigenvalue weighted by atomic mass is 9.81. The van der Waals surface area contributed by atoms with Crippen LogP contribution in [0.3, 0.4) is 0 Å². The quantitative estimate of drug-likeness (QED) is 0.507. The molecule has 2 aliphatic rings. The van der Waals surface area contributed by atoms with Gasteiger partial charge >= 0.3 is 0 Å². The third-order valence-corrected chi connectivity index (χ3v) is 5.48. The molecule has 1 amide bonds. The van der Waals surface area contributed by atoms with Crippen molar-refractivity contribution >= 4 is 33.5 Å². The molecule has 0 fully saturated rings. The number of halogens is 1. The summed E-state index contributed by atoms with van der Waals surface area (Å²) in [6.07, 6.45) is 4.45. The monoisotopic (exact) mass is 482 g/mol. The first-order valence-electron chi connectivity index (χ1n) is 9.28. The number of amides is 1. The van der Waals surface area contributed by atoms with Crippen LogP contribution >= 0.6 is 15.9 Å². The van der Waals surface area contributed by atoms with Crippen LogP contribution in [0.1, 0.15) is 28.0 Å². The van der Waals surface area contributed by atoms with Crippen molar-refractivity contribution in [2.24, 2.45) is 10.7 Å². The maximum absolute atomic E-state index is 12.5. The summed E-state index contributed by atoms with van der Waals surface area (Å²) in [6.45, 7) is 0.453. The maximum Gasteiger partial charge on any atom is 0.283 e. The van der Waals surface area contributed by atoms with Crippen LogP contribution in [-0.4, -0.2) is 33.4 Å². The summed E-state index contributed by atoms with van der Waals surface area (Å²) in [7, 11) is 0. The number of aromatic nitrogens is 3. The molecule has 3 aromatic rings. The number of benzene rings is 1. The van der Waals surface area contributed by atoms with Crippen LogP contribution in [-0.2, 0) is 10.3 Å². The predicted molar refractivity (Wildman–Crippen MR) is 114 cm³/mol. The fourth-order valence-corrected chi connectivity index (χ4v) is 4.02. The van der Waals surface area contributed by atoms with Crippen molar-refractivity contribution in [3.05, 3.63) is 74.5 Å². The lowest BCUT2D eigenvalue weighted by Crippen LogP contribution is -2.42. The van der Waals surface area contributed by atoms with E-state index < -0.39 is 17.1 Å². The molecule has 4 heterocycles. The molecule has 2 aliphatic heterocycles. The van der Waals surface area contributed by atoms with E-state index in [2.05, 4.69) is 41.2 Å². The number of rotatable bonds is 2. The van der Waals surface area contributed by atoms with E-state index in [0.29, 0.717) is 41.4 Å².